The monoisotopic (exact) mass is 730 g/mol. The van der Waals surface area contributed by atoms with E-state index in [0.29, 0.717) is 5.82 Å². The van der Waals surface area contributed by atoms with Crippen molar-refractivity contribution in [2.45, 2.75) is 5.41 Å². The van der Waals surface area contributed by atoms with Gasteiger partial charge in [0, 0.05) is 36.9 Å². The van der Waals surface area contributed by atoms with Crippen LogP contribution in [0.3, 0.4) is 0 Å². The van der Waals surface area contributed by atoms with Gasteiger partial charge in [-0.25, -0.2) is 9.97 Å². The molecule has 2 nitrogen and oxygen atoms in total. The summed E-state index contributed by atoms with van der Waals surface area (Å²) < 4.78 is 2.49. The lowest BCUT2D eigenvalue weighted by Gasteiger charge is -2.34. The van der Waals surface area contributed by atoms with Gasteiger partial charge in [0.15, 0.2) is 5.82 Å². The zero-order valence-electron chi connectivity index (χ0n) is 30.4. The van der Waals surface area contributed by atoms with Crippen molar-refractivity contribution < 1.29 is 0 Å². The molecule has 0 saturated carbocycles. The first kappa shape index (κ1) is 32.5. The molecule has 0 N–H and O–H groups in total. The summed E-state index contributed by atoms with van der Waals surface area (Å²) in [6.07, 6.45) is 0. The summed E-state index contributed by atoms with van der Waals surface area (Å²) in [5.41, 5.74) is 14.4. The van der Waals surface area contributed by atoms with Crippen molar-refractivity contribution in [3.05, 3.63) is 229 Å². The Balaban J connectivity index is 1.23. The van der Waals surface area contributed by atoms with Crippen LogP contribution in [0, 0.1) is 0 Å². The maximum Gasteiger partial charge on any atom is 0.160 e. The minimum atomic E-state index is -0.498. The molecule has 3 heteroatoms. The van der Waals surface area contributed by atoms with Crippen LogP contribution in [0.25, 0.3) is 76.3 Å². The van der Waals surface area contributed by atoms with Crippen LogP contribution in [0.15, 0.2) is 206 Å². The van der Waals surface area contributed by atoms with Crippen LogP contribution in [-0.4, -0.2) is 9.97 Å². The molecule has 0 saturated heterocycles. The average Bonchev–Trinajstić information content (AvgIpc) is 3.81. The zero-order chi connectivity index (χ0) is 37.1. The Bertz CT molecular complexity index is 2960. The summed E-state index contributed by atoms with van der Waals surface area (Å²) >= 11 is 1.84. The van der Waals surface area contributed by atoms with E-state index in [-0.39, 0.29) is 0 Å². The predicted octanol–water partition coefficient (Wildman–Crippen LogP) is 13.9. The molecule has 56 heavy (non-hydrogen) atoms. The molecule has 262 valence electrons. The number of hydrogen-bond donors (Lipinski definition) is 0. The molecule has 1 aliphatic carbocycles. The molecular formula is C53H34N2S. The normalized spacial score (nSPS) is 12.8. The second-order valence-corrected chi connectivity index (χ2v) is 15.5. The standard InChI is InChI=1S/C53H34N2S/c1-5-17-35(18-6-1)47-34-48(55-52(54-47)36-19-7-2-8-20-36)50-40(31-32-44-43-26-14-16-28-49(43)56-51(44)50)37-29-30-42-41-25-13-15-27-45(41)53(46(42)33-37,38-21-9-3-10-22-38)39-23-11-4-12-24-39/h1-34H. The molecule has 0 atom stereocenters. The van der Waals surface area contributed by atoms with E-state index in [2.05, 4.69) is 200 Å². The Hall–Kier alpha value is -6.94. The smallest absolute Gasteiger partial charge is 0.160 e. The molecule has 0 amide bonds. The number of nitrogens with zero attached hydrogens (tertiary/aromatic N) is 2. The van der Waals surface area contributed by atoms with Crippen LogP contribution in [-0.2, 0) is 5.41 Å². The van der Waals surface area contributed by atoms with Gasteiger partial charge in [0.05, 0.1) is 16.8 Å². The van der Waals surface area contributed by atoms with E-state index in [1.807, 2.05) is 17.4 Å². The largest absolute Gasteiger partial charge is 0.228 e. The van der Waals surface area contributed by atoms with Crippen LogP contribution in [0.1, 0.15) is 22.3 Å². The third-order valence-corrected chi connectivity index (χ3v) is 12.6. The molecule has 2 heterocycles. The van der Waals surface area contributed by atoms with Crippen LogP contribution >= 0.6 is 11.3 Å². The molecule has 0 unspecified atom stereocenters. The third kappa shape index (κ3) is 5.02. The van der Waals surface area contributed by atoms with E-state index >= 15 is 0 Å². The summed E-state index contributed by atoms with van der Waals surface area (Å²) in [5.74, 6) is 0.711. The first-order chi connectivity index (χ1) is 27.8. The van der Waals surface area contributed by atoms with Crippen molar-refractivity contribution in [1.29, 1.82) is 0 Å². The van der Waals surface area contributed by atoms with Gasteiger partial charge in [-0.2, -0.15) is 0 Å². The van der Waals surface area contributed by atoms with Gasteiger partial charge in [0.1, 0.15) is 0 Å². The molecule has 0 spiro atoms. The quantitative estimate of drug-likeness (QED) is 0.170. The van der Waals surface area contributed by atoms with Gasteiger partial charge in [-0.05, 0) is 62.7 Å². The highest BCUT2D eigenvalue weighted by Gasteiger charge is 2.46. The van der Waals surface area contributed by atoms with Crippen molar-refractivity contribution in [3.8, 4) is 56.2 Å². The van der Waals surface area contributed by atoms with Crippen molar-refractivity contribution in [3.63, 3.8) is 0 Å². The number of fused-ring (bicyclic) bond motifs is 6. The Labute approximate surface area is 330 Å². The van der Waals surface area contributed by atoms with Gasteiger partial charge in [0.2, 0.25) is 0 Å². The first-order valence-electron chi connectivity index (χ1n) is 19.1. The molecule has 11 rings (SSSR count). The molecule has 2 aromatic heterocycles. The molecular weight excluding hydrogens is 697 g/mol. The molecule has 10 aromatic rings. The summed E-state index contributed by atoms with van der Waals surface area (Å²) in [6.45, 7) is 0. The SMILES string of the molecule is c1ccc(-c2cc(-c3c(-c4ccc5c(c4)C(c4ccccc4)(c4ccccc4)c4ccccc4-5)ccc4c3sc3ccccc34)nc(-c3ccccc3)n2)cc1. The van der Waals surface area contributed by atoms with Gasteiger partial charge in [-0.1, -0.05) is 188 Å². The third-order valence-electron chi connectivity index (χ3n) is 11.4. The van der Waals surface area contributed by atoms with Gasteiger partial charge in [0.25, 0.3) is 0 Å². The second-order valence-electron chi connectivity index (χ2n) is 14.4. The summed E-state index contributed by atoms with van der Waals surface area (Å²) in [5, 5.41) is 2.50. The molecule has 8 aromatic carbocycles. The molecule has 1 aliphatic rings. The van der Waals surface area contributed by atoms with Crippen molar-refractivity contribution in [1.82, 2.24) is 9.97 Å². The van der Waals surface area contributed by atoms with E-state index in [9.17, 15) is 0 Å². The Kier molecular flexibility index (Phi) is 7.61. The minimum Gasteiger partial charge on any atom is -0.228 e. The van der Waals surface area contributed by atoms with E-state index in [1.165, 1.54) is 53.6 Å². The highest BCUT2D eigenvalue weighted by molar-refractivity contribution is 7.26. The number of benzene rings is 8. The first-order valence-corrected chi connectivity index (χ1v) is 19.9. The Morgan fingerprint density at radius 1 is 0.375 bits per heavy atom. The van der Waals surface area contributed by atoms with Crippen molar-refractivity contribution >= 4 is 31.5 Å². The number of rotatable bonds is 6. The van der Waals surface area contributed by atoms with Gasteiger partial charge in [-0.3, -0.25) is 0 Å². The highest BCUT2D eigenvalue weighted by atomic mass is 32.1. The maximum atomic E-state index is 5.43. The molecule has 0 bridgehead atoms. The van der Waals surface area contributed by atoms with Crippen molar-refractivity contribution in [2.75, 3.05) is 0 Å². The highest BCUT2D eigenvalue weighted by Crippen LogP contribution is 2.57. The van der Waals surface area contributed by atoms with E-state index in [4.69, 9.17) is 9.97 Å². The fourth-order valence-electron chi connectivity index (χ4n) is 8.94. The Morgan fingerprint density at radius 3 is 1.68 bits per heavy atom. The van der Waals surface area contributed by atoms with Crippen LogP contribution in [0.2, 0.25) is 0 Å². The minimum absolute atomic E-state index is 0.498. The van der Waals surface area contributed by atoms with Crippen LogP contribution in [0.4, 0.5) is 0 Å². The Morgan fingerprint density at radius 2 is 0.946 bits per heavy atom. The van der Waals surface area contributed by atoms with E-state index in [0.717, 1.165) is 39.2 Å². The van der Waals surface area contributed by atoms with Crippen LogP contribution < -0.4 is 0 Å². The van der Waals surface area contributed by atoms with E-state index in [1.54, 1.807) is 0 Å². The van der Waals surface area contributed by atoms with Gasteiger partial charge < -0.3 is 0 Å². The lowest BCUT2D eigenvalue weighted by atomic mass is 9.67. The lowest BCUT2D eigenvalue weighted by molar-refractivity contribution is 0.769. The summed E-state index contributed by atoms with van der Waals surface area (Å²) in [6, 6.07) is 74.5. The maximum absolute atomic E-state index is 5.43. The van der Waals surface area contributed by atoms with E-state index < -0.39 is 5.41 Å². The number of hydrogen-bond acceptors (Lipinski definition) is 3. The lowest BCUT2D eigenvalue weighted by Crippen LogP contribution is -2.28. The second kappa shape index (κ2) is 13.1. The zero-order valence-corrected chi connectivity index (χ0v) is 31.2. The molecule has 0 aliphatic heterocycles. The summed E-state index contributed by atoms with van der Waals surface area (Å²) in [7, 11) is 0. The number of thiophene rings is 1. The van der Waals surface area contributed by atoms with Gasteiger partial charge >= 0.3 is 0 Å². The van der Waals surface area contributed by atoms with Crippen LogP contribution in [0.5, 0.6) is 0 Å². The summed E-state index contributed by atoms with van der Waals surface area (Å²) in [4.78, 5) is 10.6. The number of aromatic nitrogens is 2. The fraction of sp³-hybridized carbons (Fsp3) is 0.0189. The topological polar surface area (TPSA) is 25.8 Å². The molecule has 0 fully saturated rings. The predicted molar refractivity (Wildman–Crippen MR) is 234 cm³/mol. The van der Waals surface area contributed by atoms with Crippen molar-refractivity contribution in [2.24, 2.45) is 0 Å². The average molecular weight is 731 g/mol. The molecule has 0 radical (unpaired) electrons. The van der Waals surface area contributed by atoms with Gasteiger partial charge in [-0.15, -0.1) is 11.3 Å². The fourth-order valence-corrected chi connectivity index (χ4v) is 10.2.